The molecule has 2 N–H and O–H groups in total. The number of ether oxygens (including phenoxy) is 2. The zero-order chi connectivity index (χ0) is 22.1. The smallest absolute Gasteiger partial charge is 0.191 e. The number of aliphatic imine (C=N–C) groups is 1. The lowest BCUT2D eigenvalue weighted by atomic mass is 10.0. The summed E-state index contributed by atoms with van der Waals surface area (Å²) in [7, 11) is 5.25. The fourth-order valence-corrected chi connectivity index (χ4v) is 4.62. The number of halogens is 1. The standard InChI is InChI=1S/C24H41N5O2.HI/c1-19-8-5-6-12-28(19)13-7-11-26-24(25-2)27-20-9-14-29(15-10-20)21-16-22(30-3)18-23(17-21)31-4;/h16-20H,5-15H2,1-4H3,(H2,25,26,27);1H. The molecular formula is C24H42IN5O2. The molecule has 32 heavy (non-hydrogen) atoms. The number of hydrogen-bond donors (Lipinski definition) is 2. The number of rotatable bonds is 8. The molecule has 0 radical (unpaired) electrons. The molecule has 0 aromatic heterocycles. The van der Waals surface area contributed by atoms with Crippen LogP contribution < -0.4 is 25.0 Å². The lowest BCUT2D eigenvalue weighted by Gasteiger charge is -2.35. The molecular weight excluding hydrogens is 517 g/mol. The van der Waals surface area contributed by atoms with E-state index in [-0.39, 0.29) is 24.0 Å². The summed E-state index contributed by atoms with van der Waals surface area (Å²) in [6.07, 6.45) is 7.38. The quantitative estimate of drug-likeness (QED) is 0.219. The first-order valence-corrected chi connectivity index (χ1v) is 11.8. The van der Waals surface area contributed by atoms with Crippen molar-refractivity contribution < 1.29 is 9.47 Å². The maximum absolute atomic E-state index is 5.42. The summed E-state index contributed by atoms with van der Waals surface area (Å²) in [4.78, 5) is 9.47. The minimum Gasteiger partial charge on any atom is -0.497 e. The van der Waals surface area contributed by atoms with Gasteiger partial charge in [0.25, 0.3) is 0 Å². The van der Waals surface area contributed by atoms with Gasteiger partial charge in [-0.05, 0) is 45.6 Å². The molecule has 182 valence electrons. The average Bonchev–Trinajstić information content (AvgIpc) is 2.82. The Hall–Kier alpha value is -1.42. The van der Waals surface area contributed by atoms with Gasteiger partial charge in [-0.15, -0.1) is 24.0 Å². The van der Waals surface area contributed by atoms with Gasteiger partial charge in [0.15, 0.2) is 5.96 Å². The van der Waals surface area contributed by atoms with Crippen LogP contribution in [0.25, 0.3) is 0 Å². The first-order chi connectivity index (χ1) is 15.1. The van der Waals surface area contributed by atoms with Crippen molar-refractivity contribution in [2.24, 2.45) is 4.99 Å². The number of guanidine groups is 1. The van der Waals surface area contributed by atoms with E-state index >= 15 is 0 Å². The zero-order valence-electron chi connectivity index (χ0n) is 20.2. The van der Waals surface area contributed by atoms with Crippen LogP contribution >= 0.6 is 24.0 Å². The monoisotopic (exact) mass is 559 g/mol. The van der Waals surface area contributed by atoms with Gasteiger partial charge < -0.3 is 29.9 Å². The molecule has 7 nitrogen and oxygen atoms in total. The third kappa shape index (κ3) is 7.86. The van der Waals surface area contributed by atoms with Crippen LogP contribution in [0.4, 0.5) is 5.69 Å². The van der Waals surface area contributed by atoms with E-state index in [1.54, 1.807) is 14.2 Å². The predicted molar refractivity (Wildman–Crippen MR) is 144 cm³/mol. The summed E-state index contributed by atoms with van der Waals surface area (Å²) in [6, 6.07) is 7.26. The highest BCUT2D eigenvalue weighted by Gasteiger charge is 2.21. The summed E-state index contributed by atoms with van der Waals surface area (Å²) in [5.41, 5.74) is 1.16. The summed E-state index contributed by atoms with van der Waals surface area (Å²) in [5.74, 6) is 2.59. The molecule has 0 amide bonds. The average molecular weight is 560 g/mol. The second kappa shape index (κ2) is 14.0. The van der Waals surface area contributed by atoms with Crippen molar-refractivity contribution in [3.05, 3.63) is 18.2 Å². The van der Waals surface area contributed by atoms with Gasteiger partial charge in [0.05, 0.1) is 14.2 Å². The molecule has 1 aromatic rings. The molecule has 1 atom stereocenters. The first-order valence-electron chi connectivity index (χ1n) is 11.8. The zero-order valence-corrected chi connectivity index (χ0v) is 22.6. The van der Waals surface area contributed by atoms with Gasteiger partial charge in [-0.25, -0.2) is 0 Å². The molecule has 2 heterocycles. The van der Waals surface area contributed by atoms with Crippen molar-refractivity contribution in [1.82, 2.24) is 15.5 Å². The fraction of sp³-hybridized carbons (Fsp3) is 0.708. The van der Waals surface area contributed by atoms with Crippen molar-refractivity contribution in [2.45, 2.75) is 57.5 Å². The number of piperidine rings is 2. The van der Waals surface area contributed by atoms with Crippen LogP contribution in [-0.2, 0) is 0 Å². The predicted octanol–water partition coefficient (Wildman–Crippen LogP) is 3.72. The number of methoxy groups -OCH3 is 2. The maximum atomic E-state index is 5.42. The molecule has 1 unspecified atom stereocenters. The second-order valence-electron chi connectivity index (χ2n) is 8.71. The minimum absolute atomic E-state index is 0. The third-order valence-corrected chi connectivity index (χ3v) is 6.62. The Morgan fingerprint density at radius 3 is 2.31 bits per heavy atom. The molecule has 0 aliphatic carbocycles. The van der Waals surface area contributed by atoms with Gasteiger partial charge >= 0.3 is 0 Å². The second-order valence-corrected chi connectivity index (χ2v) is 8.71. The van der Waals surface area contributed by atoms with Crippen LogP contribution in [0.1, 0.15) is 45.4 Å². The van der Waals surface area contributed by atoms with Crippen molar-refractivity contribution in [3.8, 4) is 11.5 Å². The van der Waals surface area contributed by atoms with Crippen LogP contribution in [-0.4, -0.2) is 76.9 Å². The van der Waals surface area contributed by atoms with Crippen molar-refractivity contribution >= 4 is 35.6 Å². The largest absolute Gasteiger partial charge is 0.497 e. The van der Waals surface area contributed by atoms with E-state index in [9.17, 15) is 0 Å². The van der Waals surface area contributed by atoms with Gasteiger partial charge in [0.2, 0.25) is 0 Å². The van der Waals surface area contributed by atoms with E-state index in [0.717, 1.165) is 68.1 Å². The Kier molecular flexibility index (Phi) is 11.7. The molecule has 8 heteroatoms. The first kappa shape index (κ1) is 26.8. The molecule has 0 bridgehead atoms. The Balaban J connectivity index is 0.00000363. The highest BCUT2D eigenvalue weighted by Crippen LogP contribution is 2.30. The highest BCUT2D eigenvalue weighted by molar-refractivity contribution is 14.0. The van der Waals surface area contributed by atoms with Crippen LogP contribution in [0.3, 0.4) is 0 Å². The van der Waals surface area contributed by atoms with Crippen molar-refractivity contribution in [1.29, 1.82) is 0 Å². The number of hydrogen-bond acceptors (Lipinski definition) is 5. The summed E-state index contributed by atoms with van der Waals surface area (Å²) in [6.45, 7) is 7.75. The Morgan fingerprint density at radius 1 is 1.03 bits per heavy atom. The third-order valence-electron chi connectivity index (χ3n) is 6.62. The molecule has 3 rings (SSSR count). The molecule has 0 saturated carbocycles. The van der Waals surface area contributed by atoms with E-state index in [4.69, 9.17) is 9.47 Å². The molecule has 2 fully saturated rings. The van der Waals surface area contributed by atoms with E-state index in [1.165, 1.54) is 32.4 Å². The topological polar surface area (TPSA) is 61.4 Å². The van der Waals surface area contributed by atoms with Crippen LogP contribution in [0, 0.1) is 0 Å². The van der Waals surface area contributed by atoms with Gasteiger partial charge in [-0.3, -0.25) is 4.99 Å². The number of likely N-dealkylation sites (tertiary alicyclic amines) is 1. The summed E-state index contributed by atoms with van der Waals surface area (Å²) >= 11 is 0. The lowest BCUT2D eigenvalue weighted by molar-refractivity contribution is 0.159. The van der Waals surface area contributed by atoms with Gasteiger partial charge in [0, 0.05) is 69.2 Å². The Bertz CT molecular complexity index is 687. The SMILES string of the molecule is CN=C(NCCCN1CCCCC1C)NC1CCN(c2cc(OC)cc(OC)c2)CC1.I. The van der Waals surface area contributed by atoms with Crippen molar-refractivity contribution in [2.75, 3.05) is 58.9 Å². The van der Waals surface area contributed by atoms with E-state index in [2.05, 4.69) is 44.5 Å². The Morgan fingerprint density at radius 2 is 1.72 bits per heavy atom. The molecule has 0 spiro atoms. The van der Waals surface area contributed by atoms with E-state index in [1.807, 2.05) is 13.1 Å². The summed E-state index contributed by atoms with van der Waals surface area (Å²) in [5, 5.41) is 7.13. The van der Waals surface area contributed by atoms with Gasteiger partial charge in [-0.1, -0.05) is 6.42 Å². The number of nitrogens with one attached hydrogen (secondary N) is 2. The number of anilines is 1. The minimum atomic E-state index is 0. The number of nitrogens with zero attached hydrogens (tertiary/aromatic N) is 3. The maximum Gasteiger partial charge on any atom is 0.191 e. The molecule has 2 saturated heterocycles. The number of benzene rings is 1. The van der Waals surface area contributed by atoms with Gasteiger partial charge in [-0.2, -0.15) is 0 Å². The fourth-order valence-electron chi connectivity index (χ4n) is 4.62. The van der Waals surface area contributed by atoms with Crippen LogP contribution in [0.2, 0.25) is 0 Å². The Labute approximate surface area is 211 Å². The summed E-state index contributed by atoms with van der Waals surface area (Å²) < 4.78 is 10.8. The van der Waals surface area contributed by atoms with E-state index < -0.39 is 0 Å². The van der Waals surface area contributed by atoms with Crippen LogP contribution in [0.15, 0.2) is 23.2 Å². The van der Waals surface area contributed by atoms with Crippen molar-refractivity contribution in [3.63, 3.8) is 0 Å². The highest BCUT2D eigenvalue weighted by atomic mass is 127. The molecule has 2 aliphatic heterocycles. The molecule has 2 aliphatic rings. The van der Waals surface area contributed by atoms with E-state index in [0.29, 0.717) is 6.04 Å². The lowest BCUT2D eigenvalue weighted by Crippen LogP contribution is -2.49. The normalized spacial score (nSPS) is 20.4. The van der Waals surface area contributed by atoms with Crippen LogP contribution in [0.5, 0.6) is 11.5 Å². The van der Waals surface area contributed by atoms with Gasteiger partial charge in [0.1, 0.15) is 11.5 Å². The molecule has 1 aromatic carbocycles.